The van der Waals surface area contributed by atoms with Gasteiger partial charge in [-0.25, -0.2) is 0 Å². The van der Waals surface area contributed by atoms with Crippen LogP contribution in [0, 0.1) is 0 Å². The predicted molar refractivity (Wildman–Crippen MR) is 120 cm³/mol. The molecule has 0 bridgehead atoms. The molecule has 4 rings (SSSR count). The zero-order valence-electron chi connectivity index (χ0n) is 18.1. The van der Waals surface area contributed by atoms with E-state index in [1.54, 1.807) is 0 Å². The van der Waals surface area contributed by atoms with Crippen molar-refractivity contribution in [2.45, 2.75) is 31.9 Å². The van der Waals surface area contributed by atoms with Crippen LogP contribution >= 0.6 is 0 Å². The summed E-state index contributed by atoms with van der Waals surface area (Å²) in [7, 11) is 0. The Morgan fingerprint density at radius 3 is 2.32 bits per heavy atom. The number of benzene rings is 2. The minimum atomic E-state index is -0.260. The standard InChI is InChI=1S/C25H31N3O3/c1-19(20-9-11-22(12-10-20)21-6-3-2-4-7-21)26-24(29)18-27-13-15-28(16-14-27)25(30)23-8-5-17-31-23/h2-4,6-7,9-12,19,23H,5,8,13-18H2,1H3,(H,26,29). The Morgan fingerprint density at radius 2 is 1.68 bits per heavy atom. The van der Waals surface area contributed by atoms with Crippen molar-refractivity contribution >= 4 is 11.8 Å². The molecule has 2 aromatic carbocycles. The summed E-state index contributed by atoms with van der Waals surface area (Å²) >= 11 is 0. The lowest BCUT2D eigenvalue weighted by Crippen LogP contribution is -2.53. The molecule has 0 aromatic heterocycles. The van der Waals surface area contributed by atoms with Gasteiger partial charge in [0.25, 0.3) is 5.91 Å². The average Bonchev–Trinajstić information content (AvgIpc) is 3.35. The van der Waals surface area contributed by atoms with Crippen molar-refractivity contribution in [1.29, 1.82) is 0 Å². The van der Waals surface area contributed by atoms with E-state index in [1.807, 2.05) is 30.0 Å². The fourth-order valence-electron chi connectivity index (χ4n) is 4.27. The van der Waals surface area contributed by atoms with Crippen LogP contribution < -0.4 is 5.32 Å². The summed E-state index contributed by atoms with van der Waals surface area (Å²) in [5.74, 6) is 0.118. The monoisotopic (exact) mass is 421 g/mol. The van der Waals surface area contributed by atoms with E-state index in [2.05, 4.69) is 46.6 Å². The van der Waals surface area contributed by atoms with Crippen LogP contribution in [0.2, 0.25) is 0 Å². The van der Waals surface area contributed by atoms with E-state index in [0.29, 0.717) is 39.3 Å². The summed E-state index contributed by atoms with van der Waals surface area (Å²) < 4.78 is 5.51. The highest BCUT2D eigenvalue weighted by molar-refractivity contribution is 5.81. The number of carbonyl (C=O) groups excluding carboxylic acids is 2. The first-order valence-corrected chi connectivity index (χ1v) is 11.2. The van der Waals surface area contributed by atoms with E-state index in [1.165, 1.54) is 11.1 Å². The van der Waals surface area contributed by atoms with E-state index in [-0.39, 0.29) is 24.0 Å². The Hall–Kier alpha value is -2.70. The van der Waals surface area contributed by atoms with E-state index in [4.69, 9.17) is 4.74 Å². The zero-order valence-corrected chi connectivity index (χ0v) is 18.1. The molecule has 2 aliphatic heterocycles. The largest absolute Gasteiger partial charge is 0.368 e. The van der Waals surface area contributed by atoms with Gasteiger partial charge in [-0.2, -0.15) is 0 Å². The highest BCUT2D eigenvalue weighted by atomic mass is 16.5. The number of carbonyl (C=O) groups is 2. The number of nitrogens with one attached hydrogen (secondary N) is 1. The van der Waals surface area contributed by atoms with Crippen molar-refractivity contribution in [1.82, 2.24) is 15.1 Å². The van der Waals surface area contributed by atoms with Crippen LogP contribution in [-0.4, -0.2) is 67.0 Å². The van der Waals surface area contributed by atoms with Crippen LogP contribution in [-0.2, 0) is 14.3 Å². The molecule has 31 heavy (non-hydrogen) atoms. The van der Waals surface area contributed by atoms with Crippen molar-refractivity contribution in [3.63, 3.8) is 0 Å². The van der Waals surface area contributed by atoms with Crippen LogP contribution in [0.25, 0.3) is 11.1 Å². The third-order valence-corrected chi connectivity index (χ3v) is 6.15. The Balaban J connectivity index is 1.23. The normalized spacial score (nSPS) is 20.4. The molecule has 2 heterocycles. The summed E-state index contributed by atoms with van der Waals surface area (Å²) in [5.41, 5.74) is 3.43. The van der Waals surface area contributed by atoms with Gasteiger partial charge >= 0.3 is 0 Å². The molecule has 164 valence electrons. The molecule has 2 amide bonds. The second-order valence-corrected chi connectivity index (χ2v) is 8.38. The Labute approximate surface area is 184 Å². The Kier molecular flexibility index (Phi) is 6.99. The number of hydrogen-bond donors (Lipinski definition) is 1. The van der Waals surface area contributed by atoms with E-state index in [0.717, 1.165) is 18.4 Å². The van der Waals surface area contributed by atoms with Crippen LogP contribution in [0.4, 0.5) is 0 Å². The second-order valence-electron chi connectivity index (χ2n) is 8.38. The number of nitrogens with zero attached hydrogens (tertiary/aromatic N) is 2. The first-order chi connectivity index (χ1) is 15.1. The van der Waals surface area contributed by atoms with E-state index in [9.17, 15) is 9.59 Å². The molecule has 0 radical (unpaired) electrons. The van der Waals surface area contributed by atoms with Gasteiger partial charge in [-0.3, -0.25) is 14.5 Å². The van der Waals surface area contributed by atoms with Gasteiger partial charge in [-0.05, 0) is 36.5 Å². The summed E-state index contributed by atoms with van der Waals surface area (Å²) in [4.78, 5) is 29.0. The maximum atomic E-state index is 12.6. The first-order valence-electron chi connectivity index (χ1n) is 11.2. The molecule has 0 saturated carbocycles. The first kappa shape index (κ1) is 21.5. The second kappa shape index (κ2) is 10.1. The van der Waals surface area contributed by atoms with Gasteiger partial charge in [0.05, 0.1) is 12.6 Å². The zero-order chi connectivity index (χ0) is 21.6. The highest BCUT2D eigenvalue weighted by Crippen LogP contribution is 2.22. The number of hydrogen-bond acceptors (Lipinski definition) is 4. The molecule has 2 saturated heterocycles. The highest BCUT2D eigenvalue weighted by Gasteiger charge is 2.30. The molecule has 0 aliphatic carbocycles. The minimum absolute atomic E-state index is 0.0125. The fraction of sp³-hybridized carbons (Fsp3) is 0.440. The number of ether oxygens (including phenoxy) is 1. The minimum Gasteiger partial charge on any atom is -0.368 e. The van der Waals surface area contributed by atoms with Crippen LogP contribution in [0.15, 0.2) is 54.6 Å². The molecule has 2 atom stereocenters. The van der Waals surface area contributed by atoms with Gasteiger partial charge in [0, 0.05) is 32.8 Å². The molecule has 6 nitrogen and oxygen atoms in total. The summed E-state index contributed by atoms with van der Waals surface area (Å²) in [6, 6.07) is 18.5. The maximum Gasteiger partial charge on any atom is 0.251 e. The molecule has 2 aromatic rings. The van der Waals surface area contributed by atoms with Crippen molar-refractivity contribution in [2.75, 3.05) is 39.3 Å². The smallest absolute Gasteiger partial charge is 0.251 e. The SMILES string of the molecule is CC(NC(=O)CN1CCN(C(=O)C2CCCO2)CC1)c1ccc(-c2ccccc2)cc1. The van der Waals surface area contributed by atoms with Crippen LogP contribution in [0.1, 0.15) is 31.4 Å². The van der Waals surface area contributed by atoms with Crippen molar-refractivity contribution in [3.8, 4) is 11.1 Å². The summed E-state index contributed by atoms with van der Waals surface area (Å²) in [6.07, 6.45) is 1.53. The number of amides is 2. The van der Waals surface area contributed by atoms with Crippen molar-refractivity contribution in [3.05, 3.63) is 60.2 Å². The molecule has 1 N–H and O–H groups in total. The average molecular weight is 422 g/mol. The topological polar surface area (TPSA) is 61.9 Å². The van der Waals surface area contributed by atoms with E-state index >= 15 is 0 Å². The van der Waals surface area contributed by atoms with Gasteiger partial charge in [0.2, 0.25) is 5.91 Å². The summed E-state index contributed by atoms with van der Waals surface area (Å²) in [6.45, 7) is 5.79. The molecular weight excluding hydrogens is 390 g/mol. The molecular formula is C25H31N3O3. The van der Waals surface area contributed by atoms with Gasteiger partial charge in [0.15, 0.2) is 0 Å². The number of piperazine rings is 1. The van der Waals surface area contributed by atoms with E-state index < -0.39 is 0 Å². The molecule has 0 spiro atoms. The molecule has 6 heteroatoms. The lowest BCUT2D eigenvalue weighted by atomic mass is 10.0. The molecule has 2 aliphatic rings. The third kappa shape index (κ3) is 5.51. The predicted octanol–water partition coefficient (Wildman–Crippen LogP) is 2.85. The van der Waals surface area contributed by atoms with Gasteiger partial charge < -0.3 is 15.0 Å². The van der Waals surface area contributed by atoms with Gasteiger partial charge in [-0.1, -0.05) is 54.6 Å². The Bertz CT molecular complexity index is 871. The van der Waals surface area contributed by atoms with Gasteiger partial charge in [0.1, 0.15) is 6.10 Å². The maximum absolute atomic E-state index is 12.6. The Morgan fingerprint density at radius 1 is 1.00 bits per heavy atom. The fourth-order valence-corrected chi connectivity index (χ4v) is 4.27. The molecule has 2 fully saturated rings. The van der Waals surface area contributed by atoms with Gasteiger partial charge in [-0.15, -0.1) is 0 Å². The summed E-state index contributed by atoms with van der Waals surface area (Å²) in [5, 5.41) is 3.10. The number of rotatable bonds is 6. The van der Waals surface area contributed by atoms with Crippen molar-refractivity contribution in [2.24, 2.45) is 0 Å². The van der Waals surface area contributed by atoms with Crippen LogP contribution in [0.5, 0.6) is 0 Å². The van der Waals surface area contributed by atoms with Crippen LogP contribution in [0.3, 0.4) is 0 Å². The third-order valence-electron chi connectivity index (χ3n) is 6.15. The van der Waals surface area contributed by atoms with Crippen molar-refractivity contribution < 1.29 is 14.3 Å². The quantitative estimate of drug-likeness (QED) is 0.779. The lowest BCUT2D eigenvalue weighted by Gasteiger charge is -2.35. The molecule has 2 unspecified atom stereocenters. The lowest BCUT2D eigenvalue weighted by molar-refractivity contribution is -0.142.